The normalized spacial score (nSPS) is 11.7. The molecular weight excluding hydrogens is 252 g/mol. The first-order valence-electron chi connectivity index (χ1n) is 5.47. The molecule has 1 unspecified atom stereocenters. The van der Waals surface area contributed by atoms with Crippen LogP contribution < -0.4 is 11.1 Å². The molecular formula is C12H16N2O3S. The first-order chi connectivity index (χ1) is 8.63. The van der Waals surface area contributed by atoms with Crippen molar-refractivity contribution >= 4 is 24.5 Å². The molecule has 3 N–H and O–H groups in total. The number of nitrogens with one attached hydrogen (secondary N) is 1. The highest BCUT2D eigenvalue weighted by atomic mass is 32.1. The predicted molar refractivity (Wildman–Crippen MR) is 71.1 cm³/mol. The van der Waals surface area contributed by atoms with Gasteiger partial charge in [-0.3, -0.25) is 9.59 Å². The van der Waals surface area contributed by atoms with Crippen LogP contribution in [-0.4, -0.2) is 30.2 Å². The van der Waals surface area contributed by atoms with E-state index in [1.165, 1.54) is 0 Å². The van der Waals surface area contributed by atoms with Gasteiger partial charge in [-0.05, 0) is 5.56 Å². The molecule has 0 aromatic heterocycles. The summed E-state index contributed by atoms with van der Waals surface area (Å²) in [6.07, 6.45) is 0. The van der Waals surface area contributed by atoms with Gasteiger partial charge in [0.1, 0.15) is 13.2 Å². The molecule has 5 nitrogen and oxygen atoms in total. The number of nitrogens with two attached hydrogens (primary N) is 1. The van der Waals surface area contributed by atoms with E-state index in [2.05, 4.69) is 17.9 Å². The van der Waals surface area contributed by atoms with Crippen molar-refractivity contribution in [1.29, 1.82) is 0 Å². The molecule has 0 saturated heterocycles. The zero-order valence-electron chi connectivity index (χ0n) is 9.83. The van der Waals surface area contributed by atoms with Gasteiger partial charge in [-0.25, -0.2) is 0 Å². The molecule has 0 saturated carbocycles. The number of carbonyl (C=O) groups excluding carboxylic acids is 2. The predicted octanol–water partition coefficient (Wildman–Crippen LogP) is 0.103. The third-order valence-corrected chi connectivity index (χ3v) is 2.58. The van der Waals surface area contributed by atoms with Crippen molar-refractivity contribution in [2.24, 2.45) is 5.73 Å². The fourth-order valence-electron chi connectivity index (χ4n) is 1.16. The van der Waals surface area contributed by atoms with Crippen molar-refractivity contribution in [2.45, 2.75) is 12.6 Å². The molecule has 0 radical (unpaired) electrons. The van der Waals surface area contributed by atoms with Gasteiger partial charge in [0.15, 0.2) is 0 Å². The molecule has 0 aliphatic carbocycles. The second-order valence-electron chi connectivity index (χ2n) is 3.65. The number of rotatable bonds is 6. The number of benzene rings is 1. The van der Waals surface area contributed by atoms with Crippen LogP contribution in [0, 0.1) is 0 Å². The van der Waals surface area contributed by atoms with Gasteiger partial charge < -0.3 is 15.8 Å². The lowest BCUT2D eigenvalue weighted by Gasteiger charge is -2.09. The summed E-state index contributed by atoms with van der Waals surface area (Å²) in [5, 5.41) is 2.38. The fraction of sp³-hybridized carbons (Fsp3) is 0.333. The Bertz CT molecular complexity index is 398. The van der Waals surface area contributed by atoms with Crippen molar-refractivity contribution in [2.75, 3.05) is 12.3 Å². The molecule has 0 heterocycles. The van der Waals surface area contributed by atoms with Crippen molar-refractivity contribution in [1.82, 2.24) is 5.32 Å². The average Bonchev–Trinajstić information content (AvgIpc) is 2.42. The molecule has 6 heteroatoms. The molecule has 1 aromatic carbocycles. The molecule has 0 aliphatic heterocycles. The zero-order chi connectivity index (χ0) is 13.4. The van der Waals surface area contributed by atoms with E-state index in [0.29, 0.717) is 0 Å². The van der Waals surface area contributed by atoms with Gasteiger partial charge in [-0.15, -0.1) is 0 Å². The van der Waals surface area contributed by atoms with Gasteiger partial charge in [0, 0.05) is 5.75 Å². The highest BCUT2D eigenvalue weighted by molar-refractivity contribution is 7.80. The van der Waals surface area contributed by atoms with Crippen LogP contribution in [0.15, 0.2) is 30.3 Å². The molecule has 0 aliphatic rings. The lowest BCUT2D eigenvalue weighted by Crippen LogP contribution is -2.43. The van der Waals surface area contributed by atoms with Gasteiger partial charge in [-0.1, -0.05) is 30.3 Å². The molecule has 98 valence electrons. The van der Waals surface area contributed by atoms with Crippen LogP contribution in [0.25, 0.3) is 0 Å². The van der Waals surface area contributed by atoms with Crippen LogP contribution >= 0.6 is 12.6 Å². The van der Waals surface area contributed by atoms with E-state index >= 15 is 0 Å². The van der Waals surface area contributed by atoms with Crippen LogP contribution in [0.4, 0.5) is 0 Å². The van der Waals surface area contributed by atoms with E-state index in [1.807, 2.05) is 30.3 Å². The number of thiol groups is 1. The average molecular weight is 268 g/mol. The lowest BCUT2D eigenvalue weighted by atomic mass is 10.2. The van der Waals surface area contributed by atoms with Crippen LogP contribution in [-0.2, 0) is 20.9 Å². The summed E-state index contributed by atoms with van der Waals surface area (Å²) in [6.45, 7) is 0.00130. The van der Waals surface area contributed by atoms with Crippen LogP contribution in [0.5, 0.6) is 0 Å². The Morgan fingerprint density at radius 2 is 2.00 bits per heavy atom. The summed E-state index contributed by atoms with van der Waals surface area (Å²) in [7, 11) is 0. The first kappa shape index (κ1) is 14.5. The third-order valence-electron chi connectivity index (χ3n) is 2.18. The quantitative estimate of drug-likeness (QED) is 0.505. The van der Waals surface area contributed by atoms with Crippen molar-refractivity contribution in [3.05, 3.63) is 35.9 Å². The van der Waals surface area contributed by atoms with Crippen molar-refractivity contribution < 1.29 is 14.3 Å². The van der Waals surface area contributed by atoms with E-state index in [4.69, 9.17) is 10.5 Å². The fourth-order valence-corrected chi connectivity index (χ4v) is 1.33. The summed E-state index contributed by atoms with van der Waals surface area (Å²) in [6, 6.07) is 8.58. The molecule has 0 fully saturated rings. The van der Waals surface area contributed by atoms with Gasteiger partial charge in [0.05, 0.1) is 6.04 Å². The van der Waals surface area contributed by atoms with E-state index in [9.17, 15) is 9.59 Å². The number of carbonyl (C=O) groups is 2. The highest BCUT2D eigenvalue weighted by Gasteiger charge is 2.12. The Hall–Kier alpha value is -1.53. The molecule has 1 aromatic rings. The summed E-state index contributed by atoms with van der Waals surface area (Å²) in [5.74, 6) is -0.689. The number of amides is 1. The molecule has 0 bridgehead atoms. The second kappa shape index (κ2) is 7.73. The minimum Gasteiger partial charge on any atom is -0.460 e. The second-order valence-corrected chi connectivity index (χ2v) is 4.02. The Morgan fingerprint density at radius 1 is 1.33 bits per heavy atom. The molecule has 1 amide bonds. The zero-order valence-corrected chi connectivity index (χ0v) is 10.7. The van der Waals surface area contributed by atoms with E-state index in [0.717, 1.165) is 5.56 Å². The van der Waals surface area contributed by atoms with Crippen LogP contribution in [0.3, 0.4) is 0 Å². The first-order valence-corrected chi connectivity index (χ1v) is 6.10. The van der Waals surface area contributed by atoms with Gasteiger partial charge in [-0.2, -0.15) is 12.6 Å². The molecule has 18 heavy (non-hydrogen) atoms. The summed E-state index contributed by atoms with van der Waals surface area (Å²) in [5.41, 5.74) is 6.32. The van der Waals surface area contributed by atoms with Gasteiger partial charge in [0.25, 0.3) is 0 Å². The Kier molecular flexibility index (Phi) is 6.24. The van der Waals surface area contributed by atoms with E-state index in [1.54, 1.807) is 0 Å². The monoisotopic (exact) mass is 268 g/mol. The van der Waals surface area contributed by atoms with Crippen LogP contribution in [0.1, 0.15) is 5.56 Å². The van der Waals surface area contributed by atoms with Gasteiger partial charge in [0.2, 0.25) is 5.91 Å². The Labute approximate surface area is 111 Å². The smallest absolute Gasteiger partial charge is 0.325 e. The van der Waals surface area contributed by atoms with Crippen LogP contribution in [0.2, 0.25) is 0 Å². The van der Waals surface area contributed by atoms with Gasteiger partial charge >= 0.3 is 5.97 Å². The Balaban J connectivity index is 2.24. The standard InChI is InChI=1S/C12H16N2O3S/c13-10(8-18)12(16)14-6-11(15)17-7-9-4-2-1-3-5-9/h1-5,10,18H,6-8,13H2,(H,14,16). The topological polar surface area (TPSA) is 81.4 Å². The maximum Gasteiger partial charge on any atom is 0.325 e. The van der Waals surface area contributed by atoms with E-state index < -0.39 is 17.9 Å². The minimum absolute atomic E-state index is 0.187. The summed E-state index contributed by atoms with van der Waals surface area (Å²) < 4.78 is 4.98. The van der Waals surface area contributed by atoms with Crippen molar-refractivity contribution in [3.63, 3.8) is 0 Å². The molecule has 0 spiro atoms. The Morgan fingerprint density at radius 3 is 2.61 bits per heavy atom. The molecule has 1 atom stereocenters. The number of hydrogen-bond donors (Lipinski definition) is 3. The van der Waals surface area contributed by atoms with Crippen molar-refractivity contribution in [3.8, 4) is 0 Å². The minimum atomic E-state index is -0.713. The number of hydrogen-bond acceptors (Lipinski definition) is 5. The number of ether oxygens (including phenoxy) is 1. The third kappa shape index (κ3) is 5.20. The maximum atomic E-state index is 11.3. The highest BCUT2D eigenvalue weighted by Crippen LogP contribution is 2.00. The summed E-state index contributed by atoms with van der Waals surface area (Å²) in [4.78, 5) is 22.6. The summed E-state index contributed by atoms with van der Waals surface area (Å²) >= 11 is 3.89. The maximum absolute atomic E-state index is 11.3. The SMILES string of the molecule is NC(CS)C(=O)NCC(=O)OCc1ccccc1. The molecule has 1 rings (SSSR count). The number of esters is 1. The lowest BCUT2D eigenvalue weighted by molar-refractivity contribution is -0.145. The largest absolute Gasteiger partial charge is 0.460 e. The van der Waals surface area contributed by atoms with E-state index in [-0.39, 0.29) is 18.9 Å².